The van der Waals surface area contributed by atoms with Crippen molar-refractivity contribution in [2.75, 3.05) is 5.32 Å². The van der Waals surface area contributed by atoms with Gasteiger partial charge in [0.05, 0.1) is 16.6 Å². The summed E-state index contributed by atoms with van der Waals surface area (Å²) in [5, 5.41) is 10.8. The zero-order valence-electron chi connectivity index (χ0n) is 13.8. The first kappa shape index (κ1) is 19.2. The van der Waals surface area contributed by atoms with Crippen LogP contribution in [-0.4, -0.2) is 25.5 Å². The van der Waals surface area contributed by atoms with Gasteiger partial charge in [-0.05, 0) is 17.7 Å². The first-order valence-corrected chi connectivity index (χ1v) is 8.29. The van der Waals surface area contributed by atoms with Gasteiger partial charge in [0.15, 0.2) is 11.5 Å². The topological polar surface area (TPSA) is 64.7 Å². The zero-order chi connectivity index (χ0) is 19.8. The van der Waals surface area contributed by atoms with Gasteiger partial charge in [0.1, 0.15) is 5.69 Å². The smallest absolute Gasteiger partial charge is 0.304 e. The molecule has 0 atom stereocenters. The number of hydrogen-bond donors (Lipinski definition) is 1. The highest BCUT2D eigenvalue weighted by molar-refractivity contribution is 6.42. The summed E-state index contributed by atoms with van der Waals surface area (Å²) >= 11 is 11.8. The van der Waals surface area contributed by atoms with Crippen molar-refractivity contribution in [2.24, 2.45) is 7.05 Å². The number of nitrogens with one attached hydrogen (secondary N) is 1. The molecule has 0 aliphatic rings. The average Bonchev–Trinajstić information content (AvgIpc) is 3.17. The second-order valence-electron chi connectivity index (χ2n) is 5.64. The van der Waals surface area contributed by atoms with Crippen LogP contribution in [0.5, 0.6) is 0 Å². The Hall–Kier alpha value is -2.52. The van der Waals surface area contributed by atoms with Crippen LogP contribution in [0, 0.1) is 0 Å². The summed E-state index contributed by atoms with van der Waals surface area (Å²) in [6.07, 6.45) is -3.01. The third-order valence-corrected chi connectivity index (χ3v) is 4.35. The van der Waals surface area contributed by atoms with Crippen LogP contribution in [0.15, 0.2) is 36.5 Å². The number of carbonyl (C=O) groups is 1. The summed E-state index contributed by atoms with van der Waals surface area (Å²) in [7, 11) is 1.26. The molecule has 27 heavy (non-hydrogen) atoms. The Kier molecular flexibility index (Phi) is 5.16. The van der Waals surface area contributed by atoms with Crippen LogP contribution in [0.1, 0.15) is 21.7 Å². The second-order valence-corrected chi connectivity index (χ2v) is 6.45. The molecule has 0 fully saturated rings. The van der Waals surface area contributed by atoms with Gasteiger partial charge in [-0.1, -0.05) is 29.3 Å². The van der Waals surface area contributed by atoms with Crippen LogP contribution in [0.4, 0.5) is 19.0 Å². The molecule has 1 N–H and O–H groups in total. The maximum atomic E-state index is 12.7. The number of hydrogen-bond acceptors (Lipinski definition) is 3. The first-order valence-electron chi connectivity index (χ1n) is 7.53. The Bertz CT molecular complexity index is 996. The van der Waals surface area contributed by atoms with Crippen LogP contribution < -0.4 is 5.32 Å². The van der Waals surface area contributed by atoms with Crippen LogP contribution in [0.3, 0.4) is 0 Å². The van der Waals surface area contributed by atoms with Gasteiger partial charge in [-0.25, -0.2) is 0 Å². The van der Waals surface area contributed by atoms with Crippen molar-refractivity contribution in [2.45, 2.75) is 12.7 Å². The largest absolute Gasteiger partial charge is 0.435 e. The molecule has 3 aromatic rings. The van der Waals surface area contributed by atoms with E-state index < -0.39 is 17.8 Å². The monoisotopic (exact) mass is 417 g/mol. The number of rotatable bonds is 4. The van der Waals surface area contributed by atoms with E-state index in [1.54, 1.807) is 29.1 Å². The van der Waals surface area contributed by atoms with E-state index >= 15 is 0 Å². The van der Waals surface area contributed by atoms with E-state index in [1.165, 1.54) is 13.1 Å². The highest BCUT2D eigenvalue weighted by Gasteiger charge is 2.35. The van der Waals surface area contributed by atoms with Crippen molar-refractivity contribution in [1.29, 1.82) is 0 Å². The van der Waals surface area contributed by atoms with Gasteiger partial charge in [-0.3, -0.25) is 14.2 Å². The summed E-state index contributed by atoms with van der Waals surface area (Å²) in [5.74, 6) is -0.560. The van der Waals surface area contributed by atoms with Crippen LogP contribution in [0.25, 0.3) is 0 Å². The molecule has 142 valence electrons. The predicted molar refractivity (Wildman–Crippen MR) is 94.0 cm³/mol. The van der Waals surface area contributed by atoms with Crippen molar-refractivity contribution in [3.8, 4) is 0 Å². The lowest BCUT2D eigenvalue weighted by molar-refractivity contribution is -0.141. The van der Waals surface area contributed by atoms with Crippen LogP contribution >= 0.6 is 23.2 Å². The van der Waals surface area contributed by atoms with Gasteiger partial charge < -0.3 is 5.32 Å². The number of amides is 1. The molecule has 0 bridgehead atoms. The third-order valence-electron chi connectivity index (χ3n) is 3.61. The Morgan fingerprint density at radius 2 is 1.89 bits per heavy atom. The molecule has 11 heteroatoms. The standard InChI is InChI=1S/C16H12Cl2F3N5O/c1-25-12(7-13(23-25)16(19,20)21)15(27)22-14-4-5-26(24-14)8-9-2-3-10(17)11(18)6-9/h2-7H,8H2,1H3,(H,22,24,27). The van der Waals surface area contributed by atoms with Crippen molar-refractivity contribution >= 4 is 34.9 Å². The lowest BCUT2D eigenvalue weighted by Crippen LogP contribution is -2.16. The number of alkyl halides is 3. The Morgan fingerprint density at radius 3 is 2.52 bits per heavy atom. The van der Waals surface area contributed by atoms with Crippen LogP contribution in [0.2, 0.25) is 10.0 Å². The van der Waals surface area contributed by atoms with E-state index in [0.29, 0.717) is 22.7 Å². The number of aromatic nitrogens is 4. The van der Waals surface area contributed by atoms with E-state index in [1.807, 2.05) is 0 Å². The number of halogens is 5. The number of carbonyl (C=O) groups excluding carboxylic acids is 1. The van der Waals surface area contributed by atoms with E-state index in [2.05, 4.69) is 15.5 Å². The molecule has 2 heterocycles. The molecule has 0 saturated heterocycles. The highest BCUT2D eigenvalue weighted by atomic mass is 35.5. The van der Waals surface area contributed by atoms with Crippen molar-refractivity contribution < 1.29 is 18.0 Å². The molecule has 2 aromatic heterocycles. The van der Waals surface area contributed by atoms with Gasteiger partial charge in [-0.2, -0.15) is 23.4 Å². The van der Waals surface area contributed by atoms with Gasteiger partial charge >= 0.3 is 6.18 Å². The lowest BCUT2D eigenvalue weighted by atomic mass is 10.2. The van der Waals surface area contributed by atoms with Gasteiger partial charge in [0.2, 0.25) is 0 Å². The minimum absolute atomic E-state index is 0.190. The molecule has 0 unspecified atom stereocenters. The molecule has 0 radical (unpaired) electrons. The number of benzene rings is 1. The molecule has 0 spiro atoms. The summed E-state index contributed by atoms with van der Waals surface area (Å²) in [6, 6.07) is 7.34. The Morgan fingerprint density at radius 1 is 1.15 bits per heavy atom. The molecular formula is C16H12Cl2F3N5O. The Balaban J connectivity index is 1.71. The minimum atomic E-state index is -4.63. The van der Waals surface area contributed by atoms with Gasteiger partial charge in [-0.15, -0.1) is 0 Å². The SMILES string of the molecule is Cn1nc(C(F)(F)F)cc1C(=O)Nc1ccn(Cc2ccc(Cl)c(Cl)c2)n1. The fraction of sp³-hybridized carbons (Fsp3) is 0.188. The molecule has 0 aliphatic heterocycles. The molecular weight excluding hydrogens is 406 g/mol. The summed E-state index contributed by atoms with van der Waals surface area (Å²) in [4.78, 5) is 12.2. The molecule has 0 saturated carbocycles. The van der Waals surface area contributed by atoms with Gasteiger partial charge in [0, 0.05) is 25.4 Å². The van der Waals surface area contributed by atoms with Gasteiger partial charge in [0.25, 0.3) is 5.91 Å². The molecule has 1 aromatic carbocycles. The normalized spacial score (nSPS) is 11.6. The van der Waals surface area contributed by atoms with E-state index in [-0.39, 0.29) is 11.5 Å². The minimum Gasteiger partial charge on any atom is -0.304 e. The van der Waals surface area contributed by atoms with Crippen molar-refractivity contribution in [3.63, 3.8) is 0 Å². The number of aryl methyl sites for hydroxylation is 1. The summed E-state index contributed by atoms with van der Waals surface area (Å²) in [5.41, 5.74) is -0.534. The third kappa shape index (κ3) is 4.42. The highest BCUT2D eigenvalue weighted by Crippen LogP contribution is 2.28. The first-order chi connectivity index (χ1) is 12.6. The predicted octanol–water partition coefficient (Wildman–Crippen LogP) is 4.24. The molecule has 1 amide bonds. The summed E-state index contributed by atoms with van der Waals surface area (Å²) < 4.78 is 40.5. The van der Waals surface area contributed by atoms with Crippen molar-refractivity contribution in [3.05, 3.63) is 63.5 Å². The fourth-order valence-electron chi connectivity index (χ4n) is 2.34. The summed E-state index contributed by atoms with van der Waals surface area (Å²) in [6.45, 7) is 0.372. The second kappa shape index (κ2) is 7.24. The molecule has 0 aliphatic carbocycles. The zero-order valence-corrected chi connectivity index (χ0v) is 15.3. The van der Waals surface area contributed by atoms with E-state index in [4.69, 9.17) is 23.2 Å². The van der Waals surface area contributed by atoms with Crippen LogP contribution in [-0.2, 0) is 19.8 Å². The lowest BCUT2D eigenvalue weighted by Gasteiger charge is -2.04. The van der Waals surface area contributed by atoms with Crippen molar-refractivity contribution in [1.82, 2.24) is 19.6 Å². The maximum Gasteiger partial charge on any atom is 0.435 e. The van der Waals surface area contributed by atoms with E-state index in [0.717, 1.165) is 10.2 Å². The molecule has 3 rings (SSSR count). The number of nitrogens with zero attached hydrogens (tertiary/aromatic N) is 4. The quantitative estimate of drug-likeness (QED) is 0.690. The van der Waals surface area contributed by atoms with E-state index in [9.17, 15) is 18.0 Å². The molecule has 6 nitrogen and oxygen atoms in total. The Labute approximate surface area is 161 Å². The average molecular weight is 418 g/mol. The number of anilines is 1. The fourth-order valence-corrected chi connectivity index (χ4v) is 2.66. The maximum absolute atomic E-state index is 12.7.